The Morgan fingerprint density at radius 2 is 1.75 bits per heavy atom. The topological polar surface area (TPSA) is 87.0 Å². The molecule has 0 unspecified atom stereocenters. The fourth-order valence-corrected chi connectivity index (χ4v) is 1.95. The number of nitrogens with zero attached hydrogens (tertiary/aromatic N) is 1. The van der Waals surface area contributed by atoms with Gasteiger partial charge in [0.05, 0.1) is 11.8 Å². The Labute approximate surface area is 114 Å². The van der Waals surface area contributed by atoms with Crippen LogP contribution in [-0.2, 0) is 16.0 Å². The number of phenolic OH excluding ortho intramolecular Hbond substituents is 1. The maximum Gasteiger partial charge on any atom is 0.307 e. The van der Waals surface area contributed by atoms with E-state index in [1.807, 2.05) is 0 Å². The first kappa shape index (κ1) is 13.7. The molecule has 2 aromatic carbocycles. The van der Waals surface area contributed by atoms with Crippen molar-refractivity contribution < 1.29 is 19.8 Å². The average molecular weight is 271 g/mol. The number of benzene rings is 1. The molecule has 0 radical (unpaired) electrons. The van der Waals surface area contributed by atoms with Crippen LogP contribution in [0.4, 0.5) is 0 Å². The number of carbonyl (C=O) groups is 2. The zero-order valence-electron chi connectivity index (χ0n) is 10.8. The summed E-state index contributed by atoms with van der Waals surface area (Å²) < 4.78 is 0. The van der Waals surface area contributed by atoms with Crippen molar-refractivity contribution in [3.8, 4) is 5.75 Å². The molecule has 2 rings (SSSR count). The average Bonchev–Trinajstić information content (AvgIpc) is 2.55. The molecule has 0 aliphatic heterocycles. The normalized spacial score (nSPS) is 11.6. The first-order valence-corrected chi connectivity index (χ1v) is 5.99. The van der Waals surface area contributed by atoms with Crippen LogP contribution in [0, 0.1) is 0 Å². The summed E-state index contributed by atoms with van der Waals surface area (Å²) in [5.41, 5.74) is 0.348. The highest BCUT2D eigenvalue weighted by molar-refractivity contribution is 5.90. The fourth-order valence-electron chi connectivity index (χ4n) is 1.95. The van der Waals surface area contributed by atoms with Crippen molar-refractivity contribution >= 4 is 22.6 Å². The third-order valence-corrected chi connectivity index (χ3v) is 2.82. The van der Waals surface area contributed by atoms with Crippen LogP contribution in [0.25, 0.3) is 10.8 Å². The fraction of sp³-hybridized carbons (Fsp3) is 0.133. The molecule has 0 heterocycles. The second-order valence-corrected chi connectivity index (χ2v) is 4.37. The minimum absolute atomic E-state index is 0.0603. The minimum atomic E-state index is -1.01. The number of hydrogen-bond acceptors (Lipinski definition) is 3. The van der Waals surface area contributed by atoms with Gasteiger partial charge >= 0.3 is 5.97 Å². The maximum absolute atomic E-state index is 11.0. The Balaban J connectivity index is 2.66. The molecule has 0 saturated carbocycles. The van der Waals surface area contributed by atoms with Crippen LogP contribution in [0.15, 0.2) is 41.4 Å². The number of aromatic hydroxyl groups is 1. The Kier molecular flexibility index (Phi) is 3.79. The molecule has 20 heavy (non-hydrogen) atoms. The van der Waals surface area contributed by atoms with Gasteiger partial charge in [0.2, 0.25) is 5.91 Å². The molecule has 0 bridgehead atoms. The van der Waals surface area contributed by atoms with E-state index in [-0.39, 0.29) is 18.1 Å². The Morgan fingerprint density at radius 3 is 2.40 bits per heavy atom. The Morgan fingerprint density at radius 1 is 1.10 bits per heavy atom. The van der Waals surface area contributed by atoms with Gasteiger partial charge in [-0.1, -0.05) is 18.2 Å². The van der Waals surface area contributed by atoms with Gasteiger partial charge in [-0.05, 0) is 23.6 Å². The molecule has 0 aliphatic carbocycles. The van der Waals surface area contributed by atoms with E-state index in [0.717, 1.165) is 5.39 Å². The molecule has 0 saturated heterocycles. The van der Waals surface area contributed by atoms with Crippen LogP contribution >= 0.6 is 0 Å². The number of amides is 1. The van der Waals surface area contributed by atoms with E-state index in [2.05, 4.69) is 4.99 Å². The summed E-state index contributed by atoms with van der Waals surface area (Å²) in [7, 11) is 0. The zero-order valence-corrected chi connectivity index (χ0v) is 10.8. The number of carbonyl (C=O) groups excluding carboxylic acids is 1. The van der Waals surface area contributed by atoms with Gasteiger partial charge in [-0.25, -0.2) is 4.99 Å². The molecule has 0 aromatic heterocycles. The standard InChI is InChI=1S/C15H13NO4/c1-9(17)16-12-5-4-10-2-3-11(8-14(18)19)15(20)13(10)7-6-12/h2-7,20H,8H2,1H3,(H,18,19). The lowest BCUT2D eigenvalue weighted by Crippen LogP contribution is -2.00. The SMILES string of the molecule is CC(=O)N=c1ccc2ccc(CC(=O)O)c(O)c2cc1. The van der Waals surface area contributed by atoms with E-state index in [4.69, 9.17) is 5.11 Å². The molecule has 2 N–H and O–H groups in total. The second kappa shape index (κ2) is 5.52. The zero-order chi connectivity index (χ0) is 14.7. The number of fused-ring (bicyclic) bond motifs is 1. The van der Waals surface area contributed by atoms with Crippen LogP contribution in [0.3, 0.4) is 0 Å². The maximum atomic E-state index is 11.0. The van der Waals surface area contributed by atoms with Gasteiger partial charge in [0, 0.05) is 17.9 Å². The second-order valence-electron chi connectivity index (χ2n) is 4.37. The summed E-state index contributed by atoms with van der Waals surface area (Å²) in [5, 5.41) is 20.7. The van der Waals surface area contributed by atoms with Gasteiger partial charge in [0.25, 0.3) is 0 Å². The van der Waals surface area contributed by atoms with Crippen molar-refractivity contribution in [1.29, 1.82) is 0 Å². The number of hydrogen-bond donors (Lipinski definition) is 2. The monoisotopic (exact) mass is 271 g/mol. The number of phenols is 1. The Hall–Kier alpha value is -2.69. The van der Waals surface area contributed by atoms with Crippen LogP contribution < -0.4 is 5.36 Å². The highest BCUT2D eigenvalue weighted by Crippen LogP contribution is 2.27. The molecule has 102 valence electrons. The minimum Gasteiger partial charge on any atom is -0.507 e. The molecular formula is C15H13NO4. The van der Waals surface area contributed by atoms with Gasteiger partial charge in [0.1, 0.15) is 5.75 Å². The van der Waals surface area contributed by atoms with Gasteiger partial charge < -0.3 is 10.2 Å². The van der Waals surface area contributed by atoms with Crippen LogP contribution in [0.5, 0.6) is 5.75 Å². The van der Waals surface area contributed by atoms with E-state index in [0.29, 0.717) is 16.3 Å². The predicted molar refractivity (Wildman–Crippen MR) is 73.2 cm³/mol. The van der Waals surface area contributed by atoms with Crippen LogP contribution in [-0.4, -0.2) is 22.1 Å². The quantitative estimate of drug-likeness (QED) is 0.868. The summed E-state index contributed by atoms with van der Waals surface area (Å²) in [6.45, 7) is 1.36. The van der Waals surface area contributed by atoms with Crippen molar-refractivity contribution in [2.24, 2.45) is 4.99 Å². The Bertz CT molecular complexity index is 765. The number of rotatable bonds is 2. The van der Waals surface area contributed by atoms with Gasteiger partial charge in [-0.15, -0.1) is 0 Å². The summed E-state index contributed by atoms with van der Waals surface area (Å²) in [4.78, 5) is 25.5. The van der Waals surface area contributed by atoms with E-state index >= 15 is 0 Å². The van der Waals surface area contributed by atoms with Crippen molar-refractivity contribution in [3.05, 3.63) is 47.3 Å². The first-order valence-electron chi connectivity index (χ1n) is 5.99. The van der Waals surface area contributed by atoms with Crippen LogP contribution in [0.2, 0.25) is 0 Å². The largest absolute Gasteiger partial charge is 0.507 e. The summed E-state index contributed by atoms with van der Waals surface area (Å²) in [6, 6.07) is 9.92. The molecule has 1 amide bonds. The van der Waals surface area contributed by atoms with Crippen LogP contribution in [0.1, 0.15) is 12.5 Å². The number of aliphatic carboxylic acids is 1. The molecule has 0 aliphatic rings. The first-order chi connectivity index (χ1) is 9.47. The van der Waals surface area contributed by atoms with Gasteiger partial charge in [-0.2, -0.15) is 0 Å². The van der Waals surface area contributed by atoms with Crippen molar-refractivity contribution in [2.45, 2.75) is 13.3 Å². The van der Waals surface area contributed by atoms with Gasteiger partial charge in [0.15, 0.2) is 0 Å². The van der Waals surface area contributed by atoms with E-state index < -0.39 is 5.97 Å². The van der Waals surface area contributed by atoms with Crippen molar-refractivity contribution in [3.63, 3.8) is 0 Å². The van der Waals surface area contributed by atoms with Crippen molar-refractivity contribution in [2.75, 3.05) is 0 Å². The molecule has 0 atom stereocenters. The molecule has 0 spiro atoms. The molecule has 0 fully saturated rings. The third-order valence-electron chi connectivity index (χ3n) is 2.82. The number of carboxylic acid groups (broad SMARTS) is 1. The molecular weight excluding hydrogens is 258 g/mol. The highest BCUT2D eigenvalue weighted by Gasteiger charge is 2.08. The summed E-state index contributed by atoms with van der Waals surface area (Å²) >= 11 is 0. The lowest BCUT2D eigenvalue weighted by Gasteiger charge is -2.04. The smallest absolute Gasteiger partial charge is 0.307 e. The highest BCUT2D eigenvalue weighted by atomic mass is 16.4. The van der Waals surface area contributed by atoms with E-state index in [1.54, 1.807) is 36.4 Å². The number of carboxylic acids is 1. The molecule has 5 heteroatoms. The summed E-state index contributed by atoms with van der Waals surface area (Å²) in [5.74, 6) is -1.38. The van der Waals surface area contributed by atoms with Gasteiger partial charge in [-0.3, -0.25) is 9.59 Å². The summed E-state index contributed by atoms with van der Waals surface area (Å²) in [6.07, 6.45) is -0.245. The van der Waals surface area contributed by atoms with Crippen molar-refractivity contribution in [1.82, 2.24) is 0 Å². The van der Waals surface area contributed by atoms with E-state index in [1.165, 1.54) is 6.92 Å². The predicted octanol–water partition coefficient (Wildman–Crippen LogP) is 1.62. The lowest BCUT2D eigenvalue weighted by atomic mass is 10.1. The molecule has 5 nitrogen and oxygen atoms in total. The lowest BCUT2D eigenvalue weighted by molar-refractivity contribution is -0.136. The third kappa shape index (κ3) is 3.00. The van der Waals surface area contributed by atoms with E-state index in [9.17, 15) is 14.7 Å². The molecule has 2 aromatic rings.